The van der Waals surface area contributed by atoms with Crippen molar-refractivity contribution in [2.75, 3.05) is 49.2 Å². The van der Waals surface area contributed by atoms with Gasteiger partial charge in [0.05, 0.1) is 10.9 Å². The van der Waals surface area contributed by atoms with Gasteiger partial charge in [0, 0.05) is 42.2 Å². The molecule has 36 heavy (non-hydrogen) atoms. The van der Waals surface area contributed by atoms with Crippen LogP contribution in [-0.4, -0.2) is 58.0 Å². The summed E-state index contributed by atoms with van der Waals surface area (Å²) in [5.74, 6) is 8.59. The van der Waals surface area contributed by atoms with Crippen LogP contribution in [0, 0.1) is 0 Å². The largest absolute Gasteiger partial charge is 0.354 e. The number of aromatic nitrogens is 3. The minimum absolute atomic E-state index is 0.0906. The van der Waals surface area contributed by atoms with E-state index in [1.165, 1.54) is 26.9 Å². The Hall–Kier alpha value is -2.62. The molecule has 7 nitrogen and oxygen atoms in total. The second-order valence-electron chi connectivity index (χ2n) is 9.87. The lowest BCUT2D eigenvalue weighted by atomic mass is 9.88. The number of thiophene rings is 1. The van der Waals surface area contributed by atoms with Gasteiger partial charge in [0.2, 0.25) is 0 Å². The Morgan fingerprint density at radius 1 is 1.11 bits per heavy atom. The van der Waals surface area contributed by atoms with Crippen LogP contribution in [0.3, 0.4) is 0 Å². The molecule has 0 bridgehead atoms. The van der Waals surface area contributed by atoms with E-state index in [1.54, 1.807) is 23.1 Å². The van der Waals surface area contributed by atoms with Crippen LogP contribution in [0.5, 0.6) is 0 Å². The lowest BCUT2D eigenvalue weighted by molar-refractivity contribution is 0.258. The summed E-state index contributed by atoms with van der Waals surface area (Å²) in [5, 5.41) is 2.57. The SMILES string of the molecule is CC1CCCc2sc3nc(SCCCN4CCN(c5ccc6ccccc6n5)CC4)n(N)c(=O)c3c21. The van der Waals surface area contributed by atoms with Crippen LogP contribution in [0.4, 0.5) is 5.82 Å². The third-order valence-corrected chi connectivity index (χ3v) is 9.70. The van der Waals surface area contributed by atoms with E-state index >= 15 is 0 Å². The van der Waals surface area contributed by atoms with Gasteiger partial charge in [-0.3, -0.25) is 9.69 Å². The van der Waals surface area contributed by atoms with Gasteiger partial charge in [0.1, 0.15) is 10.6 Å². The van der Waals surface area contributed by atoms with Gasteiger partial charge in [-0.05, 0) is 61.9 Å². The van der Waals surface area contributed by atoms with E-state index in [1.807, 2.05) is 6.07 Å². The van der Waals surface area contributed by atoms with Crippen molar-refractivity contribution in [2.45, 2.75) is 43.7 Å². The summed E-state index contributed by atoms with van der Waals surface area (Å²) in [5.41, 5.74) is 2.16. The fourth-order valence-corrected chi connectivity index (χ4v) is 7.73. The lowest BCUT2D eigenvalue weighted by Crippen LogP contribution is -2.47. The number of fused-ring (bicyclic) bond motifs is 4. The number of piperazine rings is 1. The summed E-state index contributed by atoms with van der Waals surface area (Å²) in [7, 11) is 0. The van der Waals surface area contributed by atoms with E-state index < -0.39 is 0 Å². The molecule has 9 heteroatoms. The van der Waals surface area contributed by atoms with Crippen LogP contribution in [0.25, 0.3) is 21.1 Å². The molecule has 0 spiro atoms. The average Bonchev–Trinajstić information content (AvgIpc) is 3.29. The first kappa shape index (κ1) is 23.8. The molecule has 3 aromatic heterocycles. The number of para-hydroxylation sites is 1. The van der Waals surface area contributed by atoms with Gasteiger partial charge in [-0.2, -0.15) is 0 Å². The highest BCUT2D eigenvalue weighted by atomic mass is 32.2. The Labute approximate surface area is 219 Å². The zero-order valence-corrected chi connectivity index (χ0v) is 22.3. The maximum atomic E-state index is 13.1. The van der Waals surface area contributed by atoms with Crippen LogP contribution in [0.2, 0.25) is 0 Å². The number of hydrogen-bond donors (Lipinski definition) is 1. The number of benzene rings is 1. The molecule has 4 aromatic rings. The Kier molecular flexibility index (Phi) is 6.62. The highest BCUT2D eigenvalue weighted by Gasteiger charge is 2.26. The summed E-state index contributed by atoms with van der Waals surface area (Å²) in [6, 6.07) is 12.6. The minimum Gasteiger partial charge on any atom is -0.354 e. The molecule has 2 aliphatic rings. The molecule has 0 amide bonds. The van der Waals surface area contributed by atoms with Crippen LogP contribution in [0.15, 0.2) is 46.3 Å². The molecule has 188 valence electrons. The summed E-state index contributed by atoms with van der Waals surface area (Å²) >= 11 is 3.29. The molecule has 1 saturated heterocycles. The third kappa shape index (κ3) is 4.48. The van der Waals surface area contributed by atoms with Gasteiger partial charge < -0.3 is 10.7 Å². The maximum Gasteiger partial charge on any atom is 0.281 e. The highest BCUT2D eigenvalue weighted by Crippen LogP contribution is 2.40. The van der Waals surface area contributed by atoms with Crippen molar-refractivity contribution in [1.82, 2.24) is 19.5 Å². The maximum absolute atomic E-state index is 13.1. The highest BCUT2D eigenvalue weighted by molar-refractivity contribution is 7.99. The molecule has 2 N–H and O–H groups in total. The van der Waals surface area contributed by atoms with E-state index in [-0.39, 0.29) is 5.56 Å². The van der Waals surface area contributed by atoms with Crippen molar-refractivity contribution in [1.29, 1.82) is 0 Å². The Bertz CT molecular complexity index is 1460. The van der Waals surface area contributed by atoms with E-state index in [2.05, 4.69) is 47.1 Å². The van der Waals surface area contributed by atoms with Crippen LogP contribution in [0.1, 0.15) is 42.5 Å². The van der Waals surface area contributed by atoms with Gasteiger partial charge in [-0.1, -0.05) is 36.9 Å². The van der Waals surface area contributed by atoms with Gasteiger partial charge in [-0.25, -0.2) is 14.6 Å². The van der Waals surface area contributed by atoms with E-state index in [4.69, 9.17) is 15.8 Å². The number of hydrogen-bond acceptors (Lipinski definition) is 8. The Morgan fingerprint density at radius 3 is 2.81 bits per heavy atom. The third-order valence-electron chi connectivity index (χ3n) is 7.50. The number of aryl methyl sites for hydroxylation is 1. The van der Waals surface area contributed by atoms with Gasteiger partial charge in [-0.15, -0.1) is 11.3 Å². The molecule has 1 aliphatic carbocycles. The van der Waals surface area contributed by atoms with Crippen LogP contribution < -0.4 is 16.3 Å². The first-order valence-electron chi connectivity index (χ1n) is 12.9. The van der Waals surface area contributed by atoms with Crippen molar-refractivity contribution in [3.63, 3.8) is 0 Å². The molecule has 1 unspecified atom stereocenters. The molecule has 0 radical (unpaired) electrons. The Morgan fingerprint density at radius 2 is 1.94 bits per heavy atom. The molecule has 1 aromatic carbocycles. The number of nitrogens with zero attached hydrogens (tertiary/aromatic N) is 5. The van der Waals surface area contributed by atoms with Crippen LogP contribution in [-0.2, 0) is 6.42 Å². The molecule has 0 saturated carbocycles. The molecule has 6 rings (SSSR count). The zero-order chi connectivity index (χ0) is 24.6. The molecule has 1 atom stereocenters. The second-order valence-corrected chi connectivity index (χ2v) is 12.0. The van der Waals surface area contributed by atoms with Crippen molar-refractivity contribution >= 4 is 50.0 Å². The number of nitrogens with two attached hydrogens (primary N) is 1. The minimum atomic E-state index is -0.0906. The summed E-state index contributed by atoms with van der Waals surface area (Å²) in [6.07, 6.45) is 4.40. The number of rotatable bonds is 6. The predicted octanol–water partition coefficient (Wildman–Crippen LogP) is 4.46. The fourth-order valence-electron chi connectivity index (χ4n) is 5.52. The predicted molar refractivity (Wildman–Crippen MR) is 151 cm³/mol. The van der Waals surface area contributed by atoms with Gasteiger partial charge >= 0.3 is 0 Å². The zero-order valence-electron chi connectivity index (χ0n) is 20.7. The standard InChI is InChI=1S/C27H32N6OS2/c1-18-6-4-9-21-23(18)24-25(36-21)30-27(33(28)26(24)34)35-17-5-12-31-13-15-32(16-14-31)22-11-10-19-7-2-3-8-20(19)29-22/h2-3,7-8,10-11,18H,4-6,9,12-17,28H2,1H3. The van der Waals surface area contributed by atoms with Crippen LogP contribution >= 0.6 is 23.1 Å². The molecule has 1 fully saturated rings. The monoisotopic (exact) mass is 520 g/mol. The van der Waals surface area contributed by atoms with E-state index in [9.17, 15) is 4.79 Å². The van der Waals surface area contributed by atoms with Gasteiger partial charge in [0.25, 0.3) is 5.56 Å². The summed E-state index contributed by atoms with van der Waals surface area (Å²) < 4.78 is 1.27. The average molecular weight is 521 g/mol. The summed E-state index contributed by atoms with van der Waals surface area (Å²) in [6.45, 7) is 7.29. The lowest BCUT2D eigenvalue weighted by Gasteiger charge is -2.35. The Balaban J connectivity index is 1.03. The van der Waals surface area contributed by atoms with Gasteiger partial charge in [0.15, 0.2) is 5.16 Å². The van der Waals surface area contributed by atoms with Crippen molar-refractivity contribution in [2.24, 2.45) is 0 Å². The number of pyridine rings is 1. The van der Waals surface area contributed by atoms with E-state index in [0.29, 0.717) is 11.1 Å². The van der Waals surface area contributed by atoms with E-state index in [0.717, 1.165) is 79.3 Å². The van der Waals surface area contributed by atoms with Crippen molar-refractivity contribution < 1.29 is 0 Å². The number of thioether (sulfide) groups is 1. The topological polar surface area (TPSA) is 80.3 Å². The fraction of sp³-hybridized carbons (Fsp3) is 0.444. The number of anilines is 1. The molecular weight excluding hydrogens is 488 g/mol. The van der Waals surface area contributed by atoms with Crippen molar-refractivity contribution in [3.05, 3.63) is 57.2 Å². The number of nitrogen functional groups attached to an aromatic ring is 1. The first-order chi connectivity index (χ1) is 17.6. The second kappa shape index (κ2) is 10.0. The summed E-state index contributed by atoms with van der Waals surface area (Å²) in [4.78, 5) is 29.9. The smallest absolute Gasteiger partial charge is 0.281 e. The molecule has 4 heterocycles. The van der Waals surface area contributed by atoms with Crippen molar-refractivity contribution in [3.8, 4) is 0 Å². The molecule has 1 aliphatic heterocycles. The molecular formula is C27H32N6OS2. The normalized spacial score (nSPS) is 18.7. The first-order valence-corrected chi connectivity index (χ1v) is 14.7. The quantitative estimate of drug-likeness (QED) is 0.174.